The molecule has 0 radical (unpaired) electrons. The minimum absolute atomic E-state index is 0.0149. The third-order valence-corrected chi connectivity index (χ3v) is 2.58. The second-order valence-electron chi connectivity index (χ2n) is 4.63. The van der Waals surface area contributed by atoms with E-state index in [0.717, 1.165) is 19.4 Å². The number of nitrogens with zero attached hydrogens (tertiary/aromatic N) is 3. The standard InChI is InChI=1S/C11H20N6O2/c1-7(2)19-11-15-9(14-10(16-11)17-12)13-8-4-3-5-18-6-8/h7-8H,3-6,12H2,1-2H3,(H2,13,14,15,16,17). The van der Waals surface area contributed by atoms with Crippen molar-refractivity contribution in [3.05, 3.63) is 0 Å². The van der Waals surface area contributed by atoms with Crippen molar-refractivity contribution in [1.82, 2.24) is 15.0 Å². The Balaban J connectivity index is 2.09. The van der Waals surface area contributed by atoms with Gasteiger partial charge in [-0.1, -0.05) is 0 Å². The summed E-state index contributed by atoms with van der Waals surface area (Å²) in [7, 11) is 0. The molecular formula is C11H20N6O2. The number of nitrogens with one attached hydrogen (secondary N) is 2. The molecule has 1 aromatic rings. The van der Waals surface area contributed by atoms with Gasteiger partial charge in [0, 0.05) is 6.61 Å². The van der Waals surface area contributed by atoms with Crippen molar-refractivity contribution in [2.24, 2.45) is 5.84 Å². The first-order valence-corrected chi connectivity index (χ1v) is 6.41. The first kappa shape index (κ1) is 13.8. The summed E-state index contributed by atoms with van der Waals surface area (Å²) >= 11 is 0. The SMILES string of the molecule is CC(C)Oc1nc(NN)nc(NC2CCCOC2)n1. The Kier molecular flexibility index (Phi) is 4.69. The molecule has 0 aliphatic carbocycles. The topological polar surface area (TPSA) is 107 Å². The summed E-state index contributed by atoms with van der Waals surface area (Å²) in [6, 6.07) is 0.450. The van der Waals surface area contributed by atoms with Gasteiger partial charge in [0.15, 0.2) is 0 Å². The van der Waals surface area contributed by atoms with E-state index in [2.05, 4.69) is 25.7 Å². The second kappa shape index (κ2) is 6.48. The number of nitrogen functional groups attached to an aromatic ring is 1. The molecule has 106 valence electrons. The molecule has 1 aliphatic rings. The van der Waals surface area contributed by atoms with Crippen LogP contribution in [-0.2, 0) is 4.74 Å². The molecule has 2 heterocycles. The van der Waals surface area contributed by atoms with E-state index in [1.54, 1.807) is 0 Å². The van der Waals surface area contributed by atoms with E-state index in [4.69, 9.17) is 15.3 Å². The molecule has 4 N–H and O–H groups in total. The monoisotopic (exact) mass is 268 g/mol. The molecule has 1 fully saturated rings. The van der Waals surface area contributed by atoms with Gasteiger partial charge in [0.05, 0.1) is 18.8 Å². The third kappa shape index (κ3) is 4.18. The summed E-state index contributed by atoms with van der Waals surface area (Å²) < 4.78 is 10.9. The molecule has 0 saturated carbocycles. The van der Waals surface area contributed by atoms with Crippen molar-refractivity contribution in [1.29, 1.82) is 0 Å². The van der Waals surface area contributed by atoms with Crippen molar-refractivity contribution in [3.63, 3.8) is 0 Å². The summed E-state index contributed by atoms with van der Waals surface area (Å²) in [4.78, 5) is 12.4. The maximum atomic E-state index is 5.46. The van der Waals surface area contributed by atoms with E-state index in [1.165, 1.54) is 0 Å². The van der Waals surface area contributed by atoms with Gasteiger partial charge in [-0.25, -0.2) is 5.84 Å². The minimum atomic E-state index is -0.0149. The molecule has 0 bridgehead atoms. The maximum absolute atomic E-state index is 5.46. The first-order valence-electron chi connectivity index (χ1n) is 6.41. The van der Waals surface area contributed by atoms with E-state index >= 15 is 0 Å². The van der Waals surface area contributed by atoms with Crippen LogP contribution in [-0.4, -0.2) is 40.3 Å². The lowest BCUT2D eigenvalue weighted by Gasteiger charge is -2.23. The Bertz CT molecular complexity index is 408. The minimum Gasteiger partial charge on any atom is -0.461 e. The lowest BCUT2D eigenvalue weighted by atomic mass is 10.1. The van der Waals surface area contributed by atoms with E-state index in [9.17, 15) is 0 Å². The lowest BCUT2D eigenvalue weighted by Crippen LogP contribution is -2.31. The van der Waals surface area contributed by atoms with Crippen molar-refractivity contribution >= 4 is 11.9 Å². The zero-order chi connectivity index (χ0) is 13.7. The van der Waals surface area contributed by atoms with Crippen LogP contribution in [0.1, 0.15) is 26.7 Å². The van der Waals surface area contributed by atoms with Crippen LogP contribution >= 0.6 is 0 Å². The zero-order valence-corrected chi connectivity index (χ0v) is 11.2. The average Bonchev–Trinajstić information content (AvgIpc) is 2.38. The highest BCUT2D eigenvalue weighted by Gasteiger charge is 2.16. The van der Waals surface area contributed by atoms with Crippen molar-refractivity contribution in [2.75, 3.05) is 24.0 Å². The predicted molar refractivity (Wildman–Crippen MR) is 70.9 cm³/mol. The normalized spacial score (nSPS) is 19.3. The first-order chi connectivity index (χ1) is 9.17. The molecule has 0 amide bonds. The molecule has 1 aliphatic heterocycles. The van der Waals surface area contributed by atoms with Crippen LogP contribution in [0.2, 0.25) is 0 Å². The fraction of sp³-hybridized carbons (Fsp3) is 0.727. The highest BCUT2D eigenvalue weighted by atomic mass is 16.5. The van der Waals surface area contributed by atoms with E-state index in [1.807, 2.05) is 13.8 Å². The van der Waals surface area contributed by atoms with Gasteiger partial charge in [-0.15, -0.1) is 0 Å². The highest BCUT2D eigenvalue weighted by Crippen LogP contribution is 2.15. The molecule has 1 atom stereocenters. The second-order valence-corrected chi connectivity index (χ2v) is 4.63. The number of aromatic nitrogens is 3. The number of rotatable bonds is 5. The highest BCUT2D eigenvalue weighted by molar-refractivity contribution is 5.35. The smallest absolute Gasteiger partial charge is 0.323 e. The molecule has 8 nitrogen and oxygen atoms in total. The van der Waals surface area contributed by atoms with Gasteiger partial charge in [0.25, 0.3) is 0 Å². The molecule has 0 aromatic carbocycles. The summed E-state index contributed by atoms with van der Waals surface area (Å²) in [5.41, 5.74) is 2.40. The third-order valence-electron chi connectivity index (χ3n) is 2.58. The van der Waals surface area contributed by atoms with Gasteiger partial charge in [-0.2, -0.15) is 15.0 Å². The molecule has 19 heavy (non-hydrogen) atoms. The van der Waals surface area contributed by atoms with Crippen LogP contribution in [0, 0.1) is 0 Å². The van der Waals surface area contributed by atoms with Crippen LogP contribution in [0.4, 0.5) is 11.9 Å². The van der Waals surface area contributed by atoms with Gasteiger partial charge in [-0.05, 0) is 26.7 Å². The number of hydrazine groups is 1. The predicted octanol–water partition coefficient (Wildman–Crippen LogP) is 0.535. The Hall–Kier alpha value is -1.67. The van der Waals surface area contributed by atoms with Crippen LogP contribution < -0.4 is 21.3 Å². The number of hydrogen-bond donors (Lipinski definition) is 3. The fourth-order valence-corrected chi connectivity index (χ4v) is 1.79. The van der Waals surface area contributed by atoms with E-state index < -0.39 is 0 Å². The van der Waals surface area contributed by atoms with Crippen LogP contribution in [0.15, 0.2) is 0 Å². The Morgan fingerprint density at radius 1 is 1.32 bits per heavy atom. The molecule has 8 heteroatoms. The fourth-order valence-electron chi connectivity index (χ4n) is 1.79. The quantitative estimate of drug-likeness (QED) is 0.524. The van der Waals surface area contributed by atoms with E-state index in [0.29, 0.717) is 12.6 Å². The Labute approximate surface area is 112 Å². The number of nitrogens with two attached hydrogens (primary N) is 1. The molecule has 0 spiro atoms. The van der Waals surface area contributed by atoms with Gasteiger partial charge in [-0.3, -0.25) is 5.43 Å². The van der Waals surface area contributed by atoms with Crippen LogP contribution in [0.3, 0.4) is 0 Å². The van der Waals surface area contributed by atoms with E-state index in [-0.39, 0.29) is 24.1 Å². The molecular weight excluding hydrogens is 248 g/mol. The summed E-state index contributed by atoms with van der Waals surface area (Å²) in [6.07, 6.45) is 2.04. The number of anilines is 2. The molecule has 2 rings (SSSR count). The lowest BCUT2D eigenvalue weighted by molar-refractivity contribution is 0.0873. The van der Waals surface area contributed by atoms with Crippen LogP contribution in [0.25, 0.3) is 0 Å². The molecule has 1 saturated heterocycles. The van der Waals surface area contributed by atoms with Crippen molar-refractivity contribution in [3.8, 4) is 6.01 Å². The Morgan fingerprint density at radius 2 is 2.11 bits per heavy atom. The number of hydrogen-bond acceptors (Lipinski definition) is 8. The van der Waals surface area contributed by atoms with Gasteiger partial charge < -0.3 is 14.8 Å². The summed E-state index contributed by atoms with van der Waals surface area (Å²) in [5, 5.41) is 3.21. The Morgan fingerprint density at radius 3 is 2.74 bits per heavy atom. The summed E-state index contributed by atoms with van der Waals surface area (Å²) in [5.74, 6) is 6.05. The van der Waals surface area contributed by atoms with Crippen molar-refractivity contribution in [2.45, 2.75) is 38.8 Å². The summed E-state index contributed by atoms with van der Waals surface area (Å²) in [6.45, 7) is 5.27. The number of ether oxygens (including phenoxy) is 2. The van der Waals surface area contributed by atoms with Gasteiger partial charge >= 0.3 is 6.01 Å². The zero-order valence-electron chi connectivity index (χ0n) is 11.2. The maximum Gasteiger partial charge on any atom is 0.323 e. The largest absolute Gasteiger partial charge is 0.461 e. The van der Waals surface area contributed by atoms with Gasteiger partial charge in [0.1, 0.15) is 0 Å². The van der Waals surface area contributed by atoms with Gasteiger partial charge in [0.2, 0.25) is 11.9 Å². The molecule has 1 aromatic heterocycles. The van der Waals surface area contributed by atoms with Crippen molar-refractivity contribution < 1.29 is 9.47 Å². The van der Waals surface area contributed by atoms with Crippen LogP contribution in [0.5, 0.6) is 6.01 Å². The molecule has 1 unspecified atom stereocenters. The average molecular weight is 268 g/mol.